The van der Waals surface area contributed by atoms with Gasteiger partial charge in [0.15, 0.2) is 11.7 Å². The van der Waals surface area contributed by atoms with Crippen LogP contribution in [0.2, 0.25) is 0 Å². The van der Waals surface area contributed by atoms with Gasteiger partial charge in [-0.2, -0.15) is 0 Å². The summed E-state index contributed by atoms with van der Waals surface area (Å²) in [5.74, 6) is 2.25. The Labute approximate surface area is 147 Å². The molecule has 6 heteroatoms. The molecule has 3 N–H and O–H groups in total. The highest BCUT2D eigenvalue weighted by molar-refractivity contribution is 5.93. The van der Waals surface area contributed by atoms with Gasteiger partial charge in [0.05, 0.1) is 6.20 Å². The number of benzene rings is 1. The number of amides is 1. The first-order valence-corrected chi connectivity index (χ1v) is 8.31. The quantitative estimate of drug-likeness (QED) is 0.883. The average molecular weight is 348 g/mol. The molecular weight excluding hydrogens is 326 g/mol. The Morgan fingerprint density at radius 1 is 1.17 bits per heavy atom. The molecule has 0 bridgehead atoms. The number of carbonyl (C=O) groups excluding carboxylic acids is 1. The van der Waals surface area contributed by atoms with Gasteiger partial charge in [-0.25, -0.2) is 4.98 Å². The van der Waals surface area contributed by atoms with Crippen LogP contribution >= 0.6 is 12.4 Å². The number of nitrogens with one attached hydrogen (secondary N) is 1. The number of aromatic nitrogens is 1. The molecule has 2 aromatic rings. The highest BCUT2D eigenvalue weighted by Gasteiger charge is 2.29. The summed E-state index contributed by atoms with van der Waals surface area (Å²) < 4.78 is 5.80. The number of rotatable bonds is 4. The number of nitrogens with two attached hydrogens (primary N) is 1. The third-order valence-electron chi connectivity index (χ3n) is 4.73. The minimum absolute atomic E-state index is 0. The lowest BCUT2D eigenvalue weighted by Crippen LogP contribution is -2.23. The first kappa shape index (κ1) is 17.0. The molecule has 1 heterocycles. The first-order chi connectivity index (χ1) is 11.2. The third-order valence-corrected chi connectivity index (χ3v) is 4.73. The van der Waals surface area contributed by atoms with Crippen molar-refractivity contribution in [3.63, 3.8) is 0 Å². The molecule has 2 saturated carbocycles. The van der Waals surface area contributed by atoms with E-state index in [1.165, 1.54) is 12.8 Å². The number of nitrogens with zero attached hydrogens (tertiary/aromatic N) is 1. The maximum absolute atomic E-state index is 12.2. The molecule has 1 aromatic carbocycles. The Hall–Kier alpha value is -1.85. The number of halogens is 1. The Kier molecular flexibility index (Phi) is 4.92. The molecule has 2 atom stereocenters. The Balaban J connectivity index is 0.00000169. The second-order valence-corrected chi connectivity index (χ2v) is 6.67. The van der Waals surface area contributed by atoms with Crippen molar-refractivity contribution in [2.45, 2.75) is 44.1 Å². The van der Waals surface area contributed by atoms with Crippen LogP contribution in [-0.4, -0.2) is 16.9 Å². The van der Waals surface area contributed by atoms with Crippen LogP contribution in [0.3, 0.4) is 0 Å². The molecular formula is C18H22ClN3O2. The minimum Gasteiger partial charge on any atom is -0.440 e. The molecule has 0 aliphatic heterocycles. The minimum atomic E-state index is 0. The summed E-state index contributed by atoms with van der Waals surface area (Å²) in [5.41, 5.74) is 7.66. The van der Waals surface area contributed by atoms with Gasteiger partial charge < -0.3 is 15.5 Å². The van der Waals surface area contributed by atoms with E-state index < -0.39 is 0 Å². The number of oxazole rings is 1. The zero-order valence-corrected chi connectivity index (χ0v) is 14.2. The lowest BCUT2D eigenvalue weighted by Gasteiger charge is -2.11. The van der Waals surface area contributed by atoms with Crippen molar-refractivity contribution >= 4 is 24.0 Å². The van der Waals surface area contributed by atoms with E-state index in [1.54, 1.807) is 6.20 Å². The summed E-state index contributed by atoms with van der Waals surface area (Å²) in [7, 11) is 0. The summed E-state index contributed by atoms with van der Waals surface area (Å²) in [5, 5.41) is 2.98. The largest absolute Gasteiger partial charge is 0.440 e. The highest BCUT2D eigenvalue weighted by Crippen LogP contribution is 2.40. The first-order valence-electron chi connectivity index (χ1n) is 8.31. The van der Waals surface area contributed by atoms with E-state index >= 15 is 0 Å². The standard InChI is InChI=1S/C18H21N3O2.ClH/c19-14-6-3-13(9-14)17(22)21-15-7-4-11(5-8-15)16-10-20-18(23-16)12-1-2-12;/h4-5,7-8,10,12-14H,1-3,6,9,19H2,(H,21,22);1H. The molecule has 1 amide bonds. The molecule has 2 fully saturated rings. The lowest BCUT2D eigenvalue weighted by atomic mass is 10.1. The maximum atomic E-state index is 12.2. The van der Waals surface area contributed by atoms with E-state index in [2.05, 4.69) is 10.3 Å². The van der Waals surface area contributed by atoms with E-state index in [0.29, 0.717) is 5.92 Å². The van der Waals surface area contributed by atoms with Gasteiger partial charge in [-0.15, -0.1) is 12.4 Å². The number of anilines is 1. The number of hydrogen-bond donors (Lipinski definition) is 2. The Morgan fingerprint density at radius 2 is 1.92 bits per heavy atom. The normalized spacial score (nSPS) is 22.9. The smallest absolute Gasteiger partial charge is 0.227 e. The highest BCUT2D eigenvalue weighted by atomic mass is 35.5. The lowest BCUT2D eigenvalue weighted by molar-refractivity contribution is -0.119. The molecule has 0 radical (unpaired) electrons. The van der Waals surface area contributed by atoms with Crippen molar-refractivity contribution in [1.29, 1.82) is 0 Å². The van der Waals surface area contributed by atoms with E-state index in [4.69, 9.17) is 10.2 Å². The fourth-order valence-electron chi connectivity index (χ4n) is 3.16. The van der Waals surface area contributed by atoms with E-state index in [1.807, 2.05) is 24.3 Å². The predicted molar refractivity (Wildman–Crippen MR) is 95.1 cm³/mol. The summed E-state index contributed by atoms with van der Waals surface area (Å²) in [6.45, 7) is 0. The van der Waals surface area contributed by atoms with E-state index in [0.717, 1.165) is 42.2 Å². The molecule has 4 rings (SSSR count). The molecule has 0 saturated heterocycles. The van der Waals surface area contributed by atoms with Crippen LogP contribution < -0.4 is 11.1 Å². The molecule has 128 valence electrons. The summed E-state index contributed by atoms with van der Waals surface area (Å²) in [6.07, 6.45) is 6.73. The topological polar surface area (TPSA) is 81.2 Å². The van der Waals surface area contributed by atoms with Gasteiger partial charge in [-0.05, 0) is 56.4 Å². The molecule has 0 spiro atoms. The van der Waals surface area contributed by atoms with Gasteiger partial charge in [0, 0.05) is 29.1 Å². The summed E-state index contributed by atoms with van der Waals surface area (Å²) in [6, 6.07) is 7.88. The zero-order valence-electron chi connectivity index (χ0n) is 13.4. The molecule has 2 aliphatic rings. The monoisotopic (exact) mass is 347 g/mol. The van der Waals surface area contributed by atoms with Crippen LogP contribution in [0, 0.1) is 5.92 Å². The maximum Gasteiger partial charge on any atom is 0.227 e. The SMILES string of the molecule is Cl.NC1CCC(C(=O)Nc2ccc(-c3cnc(C4CC4)o3)cc2)C1. The molecule has 2 aliphatic carbocycles. The molecule has 5 nitrogen and oxygen atoms in total. The van der Waals surface area contributed by atoms with Crippen LogP contribution in [0.15, 0.2) is 34.9 Å². The molecule has 1 aromatic heterocycles. The van der Waals surface area contributed by atoms with Gasteiger partial charge in [-0.3, -0.25) is 4.79 Å². The van der Waals surface area contributed by atoms with Crippen molar-refractivity contribution in [1.82, 2.24) is 4.98 Å². The Morgan fingerprint density at radius 3 is 2.54 bits per heavy atom. The van der Waals surface area contributed by atoms with Crippen LogP contribution in [-0.2, 0) is 4.79 Å². The number of carbonyl (C=O) groups is 1. The van der Waals surface area contributed by atoms with Crippen LogP contribution in [0.25, 0.3) is 11.3 Å². The van der Waals surface area contributed by atoms with Crippen LogP contribution in [0.1, 0.15) is 43.9 Å². The zero-order chi connectivity index (χ0) is 15.8. The number of hydrogen-bond acceptors (Lipinski definition) is 4. The predicted octanol–water partition coefficient (Wildman–Crippen LogP) is 3.71. The van der Waals surface area contributed by atoms with Gasteiger partial charge in [0.2, 0.25) is 5.91 Å². The van der Waals surface area contributed by atoms with Gasteiger partial charge >= 0.3 is 0 Å². The fraction of sp³-hybridized carbons (Fsp3) is 0.444. The van der Waals surface area contributed by atoms with Gasteiger partial charge in [0.25, 0.3) is 0 Å². The van der Waals surface area contributed by atoms with Crippen LogP contribution in [0.4, 0.5) is 5.69 Å². The summed E-state index contributed by atoms with van der Waals surface area (Å²) >= 11 is 0. The van der Waals surface area contributed by atoms with E-state index in [9.17, 15) is 4.79 Å². The van der Waals surface area contributed by atoms with Gasteiger partial charge in [0.1, 0.15) is 0 Å². The van der Waals surface area contributed by atoms with Gasteiger partial charge in [-0.1, -0.05) is 0 Å². The van der Waals surface area contributed by atoms with Crippen molar-refractivity contribution in [3.05, 3.63) is 36.4 Å². The molecule has 2 unspecified atom stereocenters. The van der Waals surface area contributed by atoms with Crippen LogP contribution in [0.5, 0.6) is 0 Å². The second-order valence-electron chi connectivity index (χ2n) is 6.67. The van der Waals surface area contributed by atoms with Crippen molar-refractivity contribution in [2.75, 3.05) is 5.32 Å². The van der Waals surface area contributed by atoms with Crippen molar-refractivity contribution < 1.29 is 9.21 Å². The van der Waals surface area contributed by atoms with E-state index in [-0.39, 0.29) is 30.3 Å². The fourth-order valence-corrected chi connectivity index (χ4v) is 3.16. The summed E-state index contributed by atoms with van der Waals surface area (Å²) in [4.78, 5) is 16.5. The molecule has 24 heavy (non-hydrogen) atoms. The van der Waals surface area contributed by atoms with Crippen molar-refractivity contribution in [3.8, 4) is 11.3 Å². The second kappa shape index (κ2) is 6.95. The average Bonchev–Trinajstić information content (AvgIpc) is 3.12. The van der Waals surface area contributed by atoms with Crippen molar-refractivity contribution in [2.24, 2.45) is 11.7 Å². The third kappa shape index (κ3) is 3.62. The Bertz CT molecular complexity index is 709.